The molecule has 0 aliphatic carbocycles. The first kappa shape index (κ1) is 14.0. The van der Waals surface area contributed by atoms with E-state index in [1.165, 1.54) is 10.4 Å². The molecular weight excluding hydrogens is 342 g/mol. The van der Waals surface area contributed by atoms with E-state index in [9.17, 15) is 13.2 Å². The van der Waals surface area contributed by atoms with E-state index in [0.29, 0.717) is 19.4 Å². The van der Waals surface area contributed by atoms with Crippen molar-refractivity contribution in [1.82, 2.24) is 4.31 Å². The van der Waals surface area contributed by atoms with Crippen molar-refractivity contribution >= 4 is 43.3 Å². The largest absolute Gasteiger partial charge is 0.481 e. The Bertz CT molecular complexity index is 554. The van der Waals surface area contributed by atoms with E-state index in [2.05, 4.69) is 15.9 Å². The van der Waals surface area contributed by atoms with Gasteiger partial charge in [-0.05, 0) is 40.9 Å². The van der Waals surface area contributed by atoms with Crippen LogP contribution >= 0.6 is 27.3 Å². The van der Waals surface area contributed by atoms with Crippen LogP contribution in [0.1, 0.15) is 12.8 Å². The summed E-state index contributed by atoms with van der Waals surface area (Å²) in [5.74, 6) is -1.53. The maximum absolute atomic E-state index is 12.3. The summed E-state index contributed by atoms with van der Waals surface area (Å²) < 4.78 is 26.8. The molecule has 0 saturated carbocycles. The molecule has 1 aliphatic rings. The number of nitrogens with zero attached hydrogens (tertiary/aromatic N) is 1. The van der Waals surface area contributed by atoms with E-state index in [1.54, 1.807) is 6.07 Å². The Kier molecular flexibility index (Phi) is 4.10. The lowest BCUT2D eigenvalue weighted by atomic mass is 10.0. The second-order valence-corrected chi connectivity index (χ2v) is 8.73. The van der Waals surface area contributed by atoms with Crippen LogP contribution in [0.5, 0.6) is 0 Å². The molecule has 2 heterocycles. The van der Waals surface area contributed by atoms with E-state index >= 15 is 0 Å². The fourth-order valence-corrected chi connectivity index (χ4v) is 5.61. The SMILES string of the molecule is O=C(O)[C@@H]1CCCN(S(=O)(=O)c2ccc(Br)s2)C1. The number of rotatable bonds is 3. The first-order valence-electron chi connectivity index (χ1n) is 5.39. The Morgan fingerprint density at radius 1 is 1.50 bits per heavy atom. The number of sulfonamides is 1. The van der Waals surface area contributed by atoms with Gasteiger partial charge >= 0.3 is 5.97 Å². The van der Waals surface area contributed by atoms with Gasteiger partial charge in [-0.2, -0.15) is 4.31 Å². The number of thiophene rings is 1. The predicted molar refractivity (Wildman–Crippen MR) is 71.1 cm³/mol. The quantitative estimate of drug-likeness (QED) is 0.901. The third kappa shape index (κ3) is 2.76. The van der Waals surface area contributed by atoms with Crippen molar-refractivity contribution in [3.8, 4) is 0 Å². The zero-order valence-electron chi connectivity index (χ0n) is 9.37. The topological polar surface area (TPSA) is 74.7 Å². The van der Waals surface area contributed by atoms with Gasteiger partial charge in [0.1, 0.15) is 4.21 Å². The highest BCUT2D eigenvalue weighted by Gasteiger charge is 2.33. The molecule has 1 atom stereocenters. The summed E-state index contributed by atoms with van der Waals surface area (Å²) in [6.45, 7) is 0.453. The van der Waals surface area contributed by atoms with Crippen LogP contribution in [0.3, 0.4) is 0 Å². The zero-order valence-corrected chi connectivity index (χ0v) is 12.6. The maximum atomic E-state index is 12.3. The molecule has 0 aromatic carbocycles. The Balaban J connectivity index is 2.22. The van der Waals surface area contributed by atoms with E-state index in [4.69, 9.17) is 5.11 Å². The minimum Gasteiger partial charge on any atom is -0.481 e. The second kappa shape index (κ2) is 5.28. The monoisotopic (exact) mass is 353 g/mol. The fraction of sp³-hybridized carbons (Fsp3) is 0.500. The molecule has 1 aliphatic heterocycles. The van der Waals surface area contributed by atoms with E-state index < -0.39 is 21.9 Å². The number of halogens is 1. The standard InChI is InChI=1S/C10H12BrNO4S2/c11-8-3-4-9(17-8)18(15,16)12-5-1-2-7(6-12)10(13)14/h3-4,7H,1-2,5-6H2,(H,13,14)/t7-/m1/s1. The summed E-state index contributed by atoms with van der Waals surface area (Å²) in [5, 5.41) is 8.97. The lowest BCUT2D eigenvalue weighted by molar-refractivity contribution is -0.142. The smallest absolute Gasteiger partial charge is 0.307 e. The van der Waals surface area contributed by atoms with Gasteiger partial charge in [-0.3, -0.25) is 4.79 Å². The van der Waals surface area contributed by atoms with Gasteiger partial charge in [-0.25, -0.2) is 8.42 Å². The van der Waals surface area contributed by atoms with Gasteiger partial charge in [0.2, 0.25) is 0 Å². The van der Waals surface area contributed by atoms with E-state index in [0.717, 1.165) is 15.1 Å². The lowest BCUT2D eigenvalue weighted by Gasteiger charge is -2.29. The van der Waals surface area contributed by atoms with Gasteiger partial charge in [0.05, 0.1) is 9.70 Å². The maximum Gasteiger partial charge on any atom is 0.307 e. The molecule has 1 N–H and O–H groups in total. The molecule has 2 rings (SSSR count). The highest BCUT2D eigenvalue weighted by molar-refractivity contribution is 9.11. The number of piperidine rings is 1. The van der Waals surface area contributed by atoms with Crippen molar-refractivity contribution in [2.45, 2.75) is 17.1 Å². The van der Waals surface area contributed by atoms with Gasteiger partial charge in [0.25, 0.3) is 10.0 Å². The highest BCUT2D eigenvalue weighted by Crippen LogP contribution is 2.30. The Morgan fingerprint density at radius 3 is 2.78 bits per heavy atom. The average Bonchev–Trinajstić information content (AvgIpc) is 2.77. The van der Waals surface area contributed by atoms with Crippen molar-refractivity contribution in [2.75, 3.05) is 13.1 Å². The molecule has 0 unspecified atom stereocenters. The zero-order chi connectivity index (χ0) is 13.3. The number of aliphatic carboxylic acids is 1. The van der Waals surface area contributed by atoms with Gasteiger partial charge in [0, 0.05) is 13.1 Å². The van der Waals surface area contributed by atoms with Crippen LogP contribution in [0, 0.1) is 5.92 Å². The summed E-state index contributed by atoms with van der Waals surface area (Å²) >= 11 is 4.36. The normalized spacial score (nSPS) is 21.9. The van der Waals surface area contributed by atoms with Crippen LogP contribution in [0.2, 0.25) is 0 Å². The molecule has 18 heavy (non-hydrogen) atoms. The van der Waals surface area contributed by atoms with Gasteiger partial charge in [-0.15, -0.1) is 11.3 Å². The number of carboxylic acid groups (broad SMARTS) is 1. The second-order valence-electron chi connectivity index (χ2n) is 4.10. The minimum absolute atomic E-state index is 0.0627. The van der Waals surface area contributed by atoms with Crippen molar-refractivity contribution in [3.05, 3.63) is 15.9 Å². The molecule has 5 nitrogen and oxygen atoms in total. The third-order valence-corrected chi connectivity index (χ3v) is 6.83. The Hall–Kier alpha value is -0.440. The summed E-state index contributed by atoms with van der Waals surface area (Å²) in [4.78, 5) is 10.9. The number of carbonyl (C=O) groups is 1. The summed E-state index contributed by atoms with van der Waals surface area (Å²) in [7, 11) is -3.55. The Labute approximate surface area is 118 Å². The average molecular weight is 354 g/mol. The Morgan fingerprint density at radius 2 is 2.22 bits per heavy atom. The van der Waals surface area contributed by atoms with Gasteiger partial charge in [0.15, 0.2) is 0 Å². The molecule has 1 saturated heterocycles. The molecule has 0 spiro atoms. The molecular formula is C10H12BrNO4S2. The summed E-state index contributed by atoms with van der Waals surface area (Å²) in [6, 6.07) is 3.21. The summed E-state index contributed by atoms with van der Waals surface area (Å²) in [5.41, 5.74) is 0. The highest BCUT2D eigenvalue weighted by atomic mass is 79.9. The van der Waals surface area contributed by atoms with Crippen LogP contribution in [0.4, 0.5) is 0 Å². The first-order chi connectivity index (χ1) is 8.41. The van der Waals surface area contributed by atoms with Crippen molar-refractivity contribution in [3.63, 3.8) is 0 Å². The van der Waals surface area contributed by atoms with Crippen molar-refractivity contribution < 1.29 is 18.3 Å². The molecule has 0 amide bonds. The van der Waals surface area contributed by atoms with Crippen LogP contribution in [0.25, 0.3) is 0 Å². The minimum atomic E-state index is -3.55. The molecule has 0 radical (unpaired) electrons. The van der Waals surface area contributed by atoms with Crippen molar-refractivity contribution in [1.29, 1.82) is 0 Å². The number of carboxylic acids is 1. The molecule has 0 bridgehead atoms. The molecule has 1 aromatic rings. The number of hydrogen-bond donors (Lipinski definition) is 1. The molecule has 100 valence electrons. The third-order valence-electron chi connectivity index (χ3n) is 2.88. The molecule has 1 fully saturated rings. The van der Waals surface area contributed by atoms with Crippen molar-refractivity contribution in [2.24, 2.45) is 5.92 Å². The van der Waals surface area contributed by atoms with Crippen LogP contribution in [0.15, 0.2) is 20.1 Å². The summed E-state index contributed by atoms with van der Waals surface area (Å²) in [6.07, 6.45) is 1.12. The van der Waals surface area contributed by atoms with Crippen LogP contribution in [-0.4, -0.2) is 36.9 Å². The van der Waals surface area contributed by atoms with E-state index in [1.807, 2.05) is 0 Å². The van der Waals surface area contributed by atoms with Crippen LogP contribution < -0.4 is 0 Å². The van der Waals surface area contributed by atoms with Crippen LogP contribution in [-0.2, 0) is 14.8 Å². The van der Waals surface area contributed by atoms with Gasteiger partial charge in [-0.1, -0.05) is 0 Å². The molecule has 1 aromatic heterocycles. The lowest BCUT2D eigenvalue weighted by Crippen LogP contribution is -2.41. The van der Waals surface area contributed by atoms with E-state index in [-0.39, 0.29) is 10.8 Å². The molecule has 8 heteroatoms. The fourth-order valence-electron chi connectivity index (χ4n) is 1.93. The van der Waals surface area contributed by atoms with Gasteiger partial charge < -0.3 is 5.11 Å². The predicted octanol–water partition coefficient (Wildman–Crippen LogP) is 2.00. The first-order valence-corrected chi connectivity index (χ1v) is 8.44. The number of hydrogen-bond acceptors (Lipinski definition) is 4.